The van der Waals surface area contributed by atoms with Crippen LogP contribution >= 0.6 is 15.9 Å². The van der Waals surface area contributed by atoms with Crippen LogP contribution in [-0.4, -0.2) is 17.9 Å². The molecule has 0 amide bonds. The van der Waals surface area contributed by atoms with Gasteiger partial charge in [-0.05, 0) is 42.8 Å². The fraction of sp³-hybridized carbons (Fsp3) is 0.350. The maximum atomic E-state index is 10.1. The van der Waals surface area contributed by atoms with Crippen LogP contribution in [-0.2, 0) is 0 Å². The van der Waals surface area contributed by atoms with E-state index in [0.717, 1.165) is 16.6 Å². The SMILES string of the molecule is CCCCCCCOc1ccc(C=Nc2ccc(Br)cc2)c(O)c1. The van der Waals surface area contributed by atoms with Crippen molar-refractivity contribution in [2.24, 2.45) is 4.99 Å². The van der Waals surface area contributed by atoms with Crippen LogP contribution in [0.1, 0.15) is 44.6 Å². The number of unbranched alkanes of at least 4 members (excludes halogenated alkanes) is 4. The highest BCUT2D eigenvalue weighted by atomic mass is 79.9. The minimum atomic E-state index is 0.180. The highest BCUT2D eigenvalue weighted by Gasteiger charge is 2.02. The lowest BCUT2D eigenvalue weighted by Gasteiger charge is -2.07. The molecule has 0 fully saturated rings. The van der Waals surface area contributed by atoms with Gasteiger partial charge >= 0.3 is 0 Å². The zero-order valence-corrected chi connectivity index (χ0v) is 15.6. The van der Waals surface area contributed by atoms with E-state index >= 15 is 0 Å². The van der Waals surface area contributed by atoms with Crippen molar-refractivity contribution in [1.29, 1.82) is 0 Å². The molecule has 4 heteroatoms. The molecule has 2 aromatic rings. The normalized spacial score (nSPS) is 11.1. The summed E-state index contributed by atoms with van der Waals surface area (Å²) < 4.78 is 6.70. The molecule has 0 unspecified atom stereocenters. The first kappa shape index (κ1) is 18.5. The summed E-state index contributed by atoms with van der Waals surface area (Å²) in [6.07, 6.45) is 7.69. The Morgan fingerprint density at radius 3 is 2.50 bits per heavy atom. The van der Waals surface area contributed by atoms with E-state index in [4.69, 9.17) is 4.74 Å². The maximum Gasteiger partial charge on any atom is 0.128 e. The monoisotopic (exact) mass is 389 g/mol. The molecule has 3 nitrogen and oxygen atoms in total. The Morgan fingerprint density at radius 2 is 1.79 bits per heavy atom. The van der Waals surface area contributed by atoms with Gasteiger partial charge in [-0.3, -0.25) is 4.99 Å². The number of halogens is 1. The van der Waals surface area contributed by atoms with Gasteiger partial charge in [0, 0.05) is 22.3 Å². The zero-order valence-electron chi connectivity index (χ0n) is 14.0. The predicted molar refractivity (Wildman–Crippen MR) is 104 cm³/mol. The summed E-state index contributed by atoms with van der Waals surface area (Å²) in [5.74, 6) is 0.878. The van der Waals surface area contributed by atoms with E-state index in [2.05, 4.69) is 27.8 Å². The number of aromatic hydroxyl groups is 1. The first-order chi connectivity index (χ1) is 11.7. The Kier molecular flexibility index (Phi) is 7.83. The zero-order chi connectivity index (χ0) is 17.2. The predicted octanol–water partition coefficient (Wildman–Crippen LogP) is 6.25. The third-order valence-corrected chi connectivity index (χ3v) is 4.23. The molecule has 0 aliphatic carbocycles. The Labute approximate surface area is 152 Å². The molecule has 2 aromatic carbocycles. The van der Waals surface area contributed by atoms with Crippen molar-refractivity contribution in [1.82, 2.24) is 0 Å². The fourth-order valence-electron chi connectivity index (χ4n) is 2.29. The molecule has 128 valence electrons. The molecule has 2 rings (SSSR count). The summed E-state index contributed by atoms with van der Waals surface area (Å²) in [5.41, 5.74) is 1.51. The lowest BCUT2D eigenvalue weighted by atomic mass is 10.2. The summed E-state index contributed by atoms with van der Waals surface area (Å²) in [6, 6.07) is 13.0. The molecule has 0 bridgehead atoms. The maximum absolute atomic E-state index is 10.1. The van der Waals surface area contributed by atoms with Gasteiger partial charge in [-0.1, -0.05) is 48.5 Å². The number of rotatable bonds is 9. The summed E-state index contributed by atoms with van der Waals surface area (Å²) in [4.78, 5) is 4.37. The third kappa shape index (κ3) is 6.36. The average Bonchev–Trinajstić information content (AvgIpc) is 2.59. The second kappa shape index (κ2) is 10.1. The molecule has 0 radical (unpaired) electrons. The van der Waals surface area contributed by atoms with E-state index in [-0.39, 0.29) is 5.75 Å². The number of hydrogen-bond donors (Lipinski definition) is 1. The van der Waals surface area contributed by atoms with Gasteiger partial charge in [-0.15, -0.1) is 0 Å². The van der Waals surface area contributed by atoms with Crippen LogP contribution in [0.3, 0.4) is 0 Å². The van der Waals surface area contributed by atoms with Crippen molar-refractivity contribution >= 4 is 27.8 Å². The topological polar surface area (TPSA) is 41.8 Å². The Bertz CT molecular complexity index is 653. The minimum Gasteiger partial charge on any atom is -0.507 e. The van der Waals surface area contributed by atoms with Crippen molar-refractivity contribution in [2.45, 2.75) is 39.0 Å². The third-order valence-electron chi connectivity index (χ3n) is 3.70. The second-order valence-corrected chi connectivity index (χ2v) is 6.63. The van der Waals surface area contributed by atoms with Crippen LogP contribution in [0.25, 0.3) is 0 Å². The largest absolute Gasteiger partial charge is 0.507 e. The van der Waals surface area contributed by atoms with Crippen molar-refractivity contribution < 1.29 is 9.84 Å². The van der Waals surface area contributed by atoms with Gasteiger partial charge in [0.1, 0.15) is 11.5 Å². The number of aliphatic imine (C=N–C) groups is 1. The fourth-order valence-corrected chi connectivity index (χ4v) is 2.55. The first-order valence-electron chi connectivity index (χ1n) is 8.44. The van der Waals surface area contributed by atoms with Crippen LogP contribution in [0.5, 0.6) is 11.5 Å². The molecule has 24 heavy (non-hydrogen) atoms. The van der Waals surface area contributed by atoms with Crippen molar-refractivity contribution in [3.63, 3.8) is 0 Å². The van der Waals surface area contributed by atoms with Crippen molar-refractivity contribution in [3.05, 3.63) is 52.5 Å². The second-order valence-electron chi connectivity index (χ2n) is 5.72. The summed E-state index contributed by atoms with van der Waals surface area (Å²) in [6.45, 7) is 2.90. The van der Waals surface area contributed by atoms with Gasteiger partial charge in [-0.2, -0.15) is 0 Å². The number of nitrogens with zero attached hydrogens (tertiary/aromatic N) is 1. The van der Waals surface area contributed by atoms with E-state index in [0.29, 0.717) is 17.9 Å². The van der Waals surface area contributed by atoms with Crippen LogP contribution in [0.4, 0.5) is 5.69 Å². The van der Waals surface area contributed by atoms with Crippen molar-refractivity contribution in [3.8, 4) is 11.5 Å². The molecule has 0 spiro atoms. The molecule has 0 saturated carbocycles. The van der Waals surface area contributed by atoms with E-state index in [1.807, 2.05) is 36.4 Å². The van der Waals surface area contributed by atoms with Gasteiger partial charge in [0.2, 0.25) is 0 Å². The van der Waals surface area contributed by atoms with E-state index in [1.165, 1.54) is 25.7 Å². The molecule has 1 N–H and O–H groups in total. The lowest BCUT2D eigenvalue weighted by molar-refractivity contribution is 0.303. The van der Waals surface area contributed by atoms with Crippen LogP contribution in [0.2, 0.25) is 0 Å². The van der Waals surface area contributed by atoms with Gasteiger partial charge < -0.3 is 9.84 Å². The van der Waals surface area contributed by atoms with Crippen molar-refractivity contribution in [2.75, 3.05) is 6.61 Å². The number of phenols is 1. The minimum absolute atomic E-state index is 0.180. The molecule has 0 heterocycles. The standard InChI is InChI=1S/C20H24BrNO2/c1-2-3-4-5-6-13-24-19-12-7-16(20(23)14-19)15-22-18-10-8-17(21)9-11-18/h7-12,14-15,23H,2-6,13H2,1H3. The van der Waals surface area contributed by atoms with Crippen LogP contribution in [0.15, 0.2) is 51.9 Å². The van der Waals surface area contributed by atoms with Gasteiger partial charge in [-0.25, -0.2) is 0 Å². The molecular weight excluding hydrogens is 366 g/mol. The molecular formula is C20H24BrNO2. The molecule has 0 aliphatic rings. The molecule has 0 saturated heterocycles. The number of ether oxygens (including phenoxy) is 1. The van der Waals surface area contributed by atoms with E-state index in [9.17, 15) is 5.11 Å². The van der Waals surface area contributed by atoms with Gasteiger partial charge in [0.25, 0.3) is 0 Å². The number of hydrogen-bond acceptors (Lipinski definition) is 3. The first-order valence-corrected chi connectivity index (χ1v) is 9.24. The van der Waals surface area contributed by atoms with E-state index < -0.39 is 0 Å². The molecule has 0 aromatic heterocycles. The average molecular weight is 390 g/mol. The van der Waals surface area contributed by atoms with E-state index in [1.54, 1.807) is 12.3 Å². The number of phenolic OH excluding ortho intramolecular Hbond substituents is 1. The summed E-state index contributed by atoms with van der Waals surface area (Å²) in [7, 11) is 0. The Morgan fingerprint density at radius 1 is 1.04 bits per heavy atom. The quantitative estimate of drug-likeness (QED) is 0.406. The highest BCUT2D eigenvalue weighted by Crippen LogP contribution is 2.24. The van der Waals surface area contributed by atoms with Crippen LogP contribution < -0.4 is 4.74 Å². The Hall–Kier alpha value is -1.81. The van der Waals surface area contributed by atoms with Gasteiger partial charge in [0.15, 0.2) is 0 Å². The summed E-state index contributed by atoms with van der Waals surface area (Å²) in [5, 5.41) is 10.1. The lowest BCUT2D eigenvalue weighted by Crippen LogP contribution is -1.97. The van der Waals surface area contributed by atoms with Gasteiger partial charge in [0.05, 0.1) is 12.3 Å². The highest BCUT2D eigenvalue weighted by molar-refractivity contribution is 9.10. The van der Waals surface area contributed by atoms with Crippen LogP contribution in [0, 0.1) is 0 Å². The molecule has 0 atom stereocenters. The smallest absolute Gasteiger partial charge is 0.128 e. The Balaban J connectivity index is 1.86. The summed E-state index contributed by atoms with van der Waals surface area (Å²) >= 11 is 3.39. The number of benzene rings is 2. The molecule has 0 aliphatic heterocycles.